The zero-order chi connectivity index (χ0) is 19.4. The first-order valence-corrected chi connectivity index (χ1v) is 9.63. The van der Waals surface area contributed by atoms with Crippen LogP contribution in [-0.4, -0.2) is 26.4 Å². The van der Waals surface area contributed by atoms with Crippen LogP contribution in [0.3, 0.4) is 0 Å². The van der Waals surface area contributed by atoms with E-state index in [0.717, 1.165) is 16.9 Å². The van der Waals surface area contributed by atoms with Crippen LogP contribution < -0.4 is 5.32 Å². The molecule has 6 nitrogen and oxygen atoms in total. The number of benzene rings is 1. The zero-order valence-electron chi connectivity index (χ0n) is 15.0. The molecule has 0 aliphatic carbocycles. The number of furan rings is 1. The third kappa shape index (κ3) is 4.43. The quantitative estimate of drug-likeness (QED) is 0.457. The molecular weight excluding hydrogens is 384 g/mol. The number of carbonyl (C=O) groups excluding carboxylic acids is 1. The molecule has 8 heteroatoms. The molecule has 0 unspecified atom stereocenters. The first-order chi connectivity index (χ1) is 13.0. The Morgan fingerprint density at radius 1 is 1.37 bits per heavy atom. The molecule has 0 radical (unpaired) electrons. The van der Waals surface area contributed by atoms with Crippen molar-refractivity contribution < 1.29 is 9.21 Å². The van der Waals surface area contributed by atoms with E-state index >= 15 is 0 Å². The molecule has 0 fully saturated rings. The Morgan fingerprint density at radius 3 is 2.85 bits per heavy atom. The summed E-state index contributed by atoms with van der Waals surface area (Å²) in [6, 6.07) is 7.27. The lowest BCUT2D eigenvalue weighted by molar-refractivity contribution is -0.113. The molecular formula is C19H19ClN4O2S. The van der Waals surface area contributed by atoms with E-state index < -0.39 is 0 Å². The molecule has 27 heavy (non-hydrogen) atoms. The lowest BCUT2D eigenvalue weighted by atomic mass is 10.2. The van der Waals surface area contributed by atoms with Crippen molar-refractivity contribution in [3.05, 3.63) is 59.5 Å². The van der Waals surface area contributed by atoms with Crippen molar-refractivity contribution in [2.24, 2.45) is 0 Å². The number of amides is 1. The van der Waals surface area contributed by atoms with Crippen LogP contribution in [0.1, 0.15) is 11.3 Å². The van der Waals surface area contributed by atoms with E-state index in [-0.39, 0.29) is 11.7 Å². The number of nitrogens with zero attached hydrogens (tertiary/aromatic N) is 3. The predicted octanol–water partition coefficient (Wildman–Crippen LogP) is 4.73. The third-order valence-electron chi connectivity index (χ3n) is 3.92. The van der Waals surface area contributed by atoms with Crippen LogP contribution in [0.2, 0.25) is 5.02 Å². The van der Waals surface area contributed by atoms with E-state index in [4.69, 9.17) is 16.0 Å². The highest BCUT2D eigenvalue weighted by atomic mass is 35.5. The molecule has 2 heterocycles. The second-order valence-corrected chi connectivity index (χ2v) is 7.25. The van der Waals surface area contributed by atoms with Crippen LogP contribution in [0.25, 0.3) is 11.4 Å². The van der Waals surface area contributed by atoms with E-state index in [1.54, 1.807) is 18.4 Å². The van der Waals surface area contributed by atoms with Gasteiger partial charge in [-0.15, -0.1) is 16.8 Å². The molecule has 140 valence electrons. The summed E-state index contributed by atoms with van der Waals surface area (Å²) in [4.78, 5) is 12.3. The average molecular weight is 403 g/mol. The second kappa shape index (κ2) is 8.45. The average Bonchev–Trinajstić information content (AvgIpc) is 3.22. The van der Waals surface area contributed by atoms with Gasteiger partial charge in [0.1, 0.15) is 5.76 Å². The van der Waals surface area contributed by atoms with Crippen LogP contribution in [0.5, 0.6) is 0 Å². The second-order valence-electron chi connectivity index (χ2n) is 5.90. The van der Waals surface area contributed by atoms with E-state index in [0.29, 0.717) is 28.2 Å². The normalized spacial score (nSPS) is 10.8. The Labute approximate surface area is 166 Å². The van der Waals surface area contributed by atoms with Gasteiger partial charge in [-0.2, -0.15) is 0 Å². The van der Waals surface area contributed by atoms with Crippen molar-refractivity contribution >= 4 is 35.0 Å². The summed E-state index contributed by atoms with van der Waals surface area (Å²) in [6.45, 7) is 8.10. The number of hydrogen-bond acceptors (Lipinski definition) is 5. The summed E-state index contributed by atoms with van der Waals surface area (Å²) in [6.07, 6.45) is 3.38. The summed E-state index contributed by atoms with van der Waals surface area (Å²) >= 11 is 7.41. The molecule has 0 aliphatic heterocycles. The maximum atomic E-state index is 12.3. The Morgan fingerprint density at radius 2 is 2.19 bits per heavy atom. The van der Waals surface area contributed by atoms with E-state index in [1.807, 2.05) is 36.6 Å². The molecule has 1 amide bonds. The highest BCUT2D eigenvalue weighted by molar-refractivity contribution is 7.99. The van der Waals surface area contributed by atoms with Crippen LogP contribution in [-0.2, 0) is 11.3 Å². The molecule has 2 aromatic heterocycles. The standard InChI is InChI=1S/C19H19ClN4O2S/c1-4-8-24-18(15-7-9-26-13(15)3)22-23-19(24)27-11-17(25)21-14-6-5-12(2)16(20)10-14/h4-7,9-10H,1,8,11H2,2-3H3,(H,21,25). The van der Waals surface area contributed by atoms with Crippen LogP contribution in [0.15, 0.2) is 52.8 Å². The van der Waals surface area contributed by atoms with Gasteiger partial charge in [0.2, 0.25) is 5.91 Å². The van der Waals surface area contributed by atoms with Crippen LogP contribution in [0.4, 0.5) is 5.69 Å². The van der Waals surface area contributed by atoms with Gasteiger partial charge in [0, 0.05) is 17.3 Å². The van der Waals surface area contributed by atoms with Crippen molar-refractivity contribution in [1.29, 1.82) is 0 Å². The van der Waals surface area contributed by atoms with Gasteiger partial charge in [-0.05, 0) is 37.6 Å². The number of anilines is 1. The van der Waals surface area contributed by atoms with Crippen molar-refractivity contribution in [3.63, 3.8) is 0 Å². The fourth-order valence-electron chi connectivity index (χ4n) is 2.50. The molecule has 0 bridgehead atoms. The molecule has 0 spiro atoms. The number of nitrogens with one attached hydrogen (secondary N) is 1. The fraction of sp³-hybridized carbons (Fsp3) is 0.211. The molecule has 0 atom stereocenters. The Kier molecular flexibility index (Phi) is 6.03. The summed E-state index contributed by atoms with van der Waals surface area (Å²) in [5.74, 6) is 1.51. The topological polar surface area (TPSA) is 73.0 Å². The zero-order valence-corrected chi connectivity index (χ0v) is 16.6. The number of hydrogen-bond donors (Lipinski definition) is 1. The maximum Gasteiger partial charge on any atom is 0.234 e. The van der Waals surface area contributed by atoms with Crippen molar-refractivity contribution in [3.8, 4) is 11.4 Å². The lowest BCUT2D eigenvalue weighted by Crippen LogP contribution is -2.14. The molecule has 0 saturated heterocycles. The number of rotatable bonds is 7. The predicted molar refractivity (Wildman–Crippen MR) is 108 cm³/mol. The Hall–Kier alpha value is -2.51. The molecule has 3 aromatic rings. The minimum atomic E-state index is -0.144. The van der Waals surface area contributed by atoms with Crippen LogP contribution in [0, 0.1) is 13.8 Å². The van der Waals surface area contributed by atoms with Gasteiger partial charge in [0.25, 0.3) is 0 Å². The number of thioether (sulfide) groups is 1. The molecule has 0 saturated carbocycles. The fourth-order valence-corrected chi connectivity index (χ4v) is 3.43. The smallest absolute Gasteiger partial charge is 0.234 e. The number of carbonyl (C=O) groups is 1. The van der Waals surface area contributed by atoms with Gasteiger partial charge < -0.3 is 9.73 Å². The molecule has 0 aliphatic rings. The van der Waals surface area contributed by atoms with Crippen LogP contribution >= 0.6 is 23.4 Å². The first kappa shape index (κ1) is 19.3. The van der Waals surface area contributed by atoms with Crippen molar-refractivity contribution in [1.82, 2.24) is 14.8 Å². The van der Waals surface area contributed by atoms with E-state index in [1.165, 1.54) is 11.8 Å². The number of allylic oxidation sites excluding steroid dienone is 1. The van der Waals surface area contributed by atoms with Gasteiger partial charge in [-0.1, -0.05) is 35.5 Å². The third-order valence-corrected chi connectivity index (χ3v) is 5.29. The minimum Gasteiger partial charge on any atom is -0.469 e. The molecule has 1 aromatic carbocycles. The number of halogens is 1. The summed E-state index contributed by atoms with van der Waals surface area (Å²) < 4.78 is 7.26. The van der Waals surface area contributed by atoms with E-state index in [2.05, 4.69) is 22.1 Å². The minimum absolute atomic E-state index is 0.144. The van der Waals surface area contributed by atoms with E-state index in [9.17, 15) is 4.79 Å². The monoisotopic (exact) mass is 402 g/mol. The van der Waals surface area contributed by atoms with Gasteiger partial charge in [0.05, 0.1) is 17.6 Å². The largest absolute Gasteiger partial charge is 0.469 e. The lowest BCUT2D eigenvalue weighted by Gasteiger charge is -2.08. The Bertz CT molecular complexity index is 980. The van der Waals surface area contributed by atoms with Gasteiger partial charge >= 0.3 is 0 Å². The summed E-state index contributed by atoms with van der Waals surface area (Å²) in [5.41, 5.74) is 2.50. The maximum absolute atomic E-state index is 12.3. The van der Waals surface area contributed by atoms with Crippen molar-refractivity contribution in [2.45, 2.75) is 25.5 Å². The first-order valence-electron chi connectivity index (χ1n) is 8.27. The summed E-state index contributed by atoms with van der Waals surface area (Å²) in [7, 11) is 0. The highest BCUT2D eigenvalue weighted by Crippen LogP contribution is 2.27. The van der Waals surface area contributed by atoms with Gasteiger partial charge in [0.15, 0.2) is 11.0 Å². The van der Waals surface area contributed by atoms with Gasteiger partial charge in [-0.3, -0.25) is 9.36 Å². The number of aromatic nitrogens is 3. The summed E-state index contributed by atoms with van der Waals surface area (Å²) in [5, 5.41) is 12.6. The highest BCUT2D eigenvalue weighted by Gasteiger charge is 2.17. The molecule has 3 rings (SSSR count). The molecule has 1 N–H and O–H groups in total. The van der Waals surface area contributed by atoms with Crippen molar-refractivity contribution in [2.75, 3.05) is 11.1 Å². The SMILES string of the molecule is C=CCn1c(SCC(=O)Nc2ccc(C)c(Cl)c2)nnc1-c1ccoc1C. The Balaban J connectivity index is 1.71. The van der Waals surface area contributed by atoms with Gasteiger partial charge in [-0.25, -0.2) is 0 Å². The number of aryl methyl sites for hydroxylation is 2.